The second-order valence-corrected chi connectivity index (χ2v) is 5.47. The van der Waals surface area contributed by atoms with Crippen LogP contribution in [0, 0.1) is 6.92 Å². The molecular formula is C17H18ClN3. The Kier molecular flexibility index (Phi) is 4.23. The number of aromatic nitrogens is 2. The fourth-order valence-electron chi connectivity index (χ4n) is 2.53. The molecule has 0 aliphatic carbocycles. The molecule has 3 rings (SSSR count). The highest BCUT2D eigenvalue weighted by atomic mass is 35.5. The van der Waals surface area contributed by atoms with Gasteiger partial charge in [-0.25, -0.2) is 4.98 Å². The molecule has 0 radical (unpaired) electrons. The fourth-order valence-corrected chi connectivity index (χ4v) is 2.74. The molecule has 1 heterocycles. The molecule has 0 bridgehead atoms. The molecule has 3 nitrogen and oxygen atoms in total. The van der Waals surface area contributed by atoms with E-state index in [-0.39, 0.29) is 0 Å². The standard InChI is InChI=1S/C17H18ClN3/c1-13-20-16-8-4-5-9-17(16)21(13)11-10-19-12-14-6-2-3-7-15(14)18/h2-9,19H,10-12H2,1H3. The molecule has 0 atom stereocenters. The summed E-state index contributed by atoms with van der Waals surface area (Å²) in [6.07, 6.45) is 0. The van der Waals surface area contributed by atoms with Gasteiger partial charge in [-0.05, 0) is 30.7 Å². The first-order chi connectivity index (χ1) is 10.3. The van der Waals surface area contributed by atoms with Gasteiger partial charge in [0.1, 0.15) is 5.82 Å². The molecule has 3 aromatic rings. The lowest BCUT2D eigenvalue weighted by molar-refractivity contribution is 0.597. The minimum Gasteiger partial charge on any atom is -0.327 e. The van der Waals surface area contributed by atoms with Gasteiger partial charge in [-0.2, -0.15) is 0 Å². The smallest absolute Gasteiger partial charge is 0.106 e. The fraction of sp³-hybridized carbons (Fsp3) is 0.235. The number of nitrogens with zero attached hydrogens (tertiary/aromatic N) is 2. The third-order valence-electron chi connectivity index (χ3n) is 3.63. The summed E-state index contributed by atoms with van der Waals surface area (Å²) in [4.78, 5) is 4.58. The summed E-state index contributed by atoms with van der Waals surface area (Å²) in [7, 11) is 0. The minimum atomic E-state index is 0.783. The van der Waals surface area contributed by atoms with Crippen molar-refractivity contribution in [3.63, 3.8) is 0 Å². The number of aryl methyl sites for hydroxylation is 1. The van der Waals surface area contributed by atoms with Crippen LogP contribution in [-0.2, 0) is 13.1 Å². The van der Waals surface area contributed by atoms with E-state index in [9.17, 15) is 0 Å². The van der Waals surface area contributed by atoms with Crippen molar-refractivity contribution < 1.29 is 0 Å². The topological polar surface area (TPSA) is 29.9 Å². The van der Waals surface area contributed by atoms with Crippen molar-refractivity contribution in [1.82, 2.24) is 14.9 Å². The molecule has 2 aromatic carbocycles. The Bertz CT molecular complexity index is 749. The van der Waals surface area contributed by atoms with Gasteiger partial charge < -0.3 is 9.88 Å². The van der Waals surface area contributed by atoms with Crippen molar-refractivity contribution in [1.29, 1.82) is 0 Å². The van der Waals surface area contributed by atoms with Gasteiger partial charge in [0.15, 0.2) is 0 Å². The molecule has 1 aromatic heterocycles. The van der Waals surface area contributed by atoms with E-state index in [1.54, 1.807) is 0 Å². The minimum absolute atomic E-state index is 0.783. The first-order valence-electron chi connectivity index (χ1n) is 7.11. The zero-order valence-electron chi connectivity index (χ0n) is 12.0. The largest absolute Gasteiger partial charge is 0.327 e. The maximum atomic E-state index is 6.15. The second-order valence-electron chi connectivity index (χ2n) is 5.07. The molecule has 0 unspecified atom stereocenters. The number of imidazole rings is 1. The predicted octanol–water partition coefficient (Wildman–Crippen LogP) is 3.79. The van der Waals surface area contributed by atoms with E-state index in [2.05, 4.69) is 33.1 Å². The van der Waals surface area contributed by atoms with Gasteiger partial charge in [-0.3, -0.25) is 0 Å². The Balaban J connectivity index is 1.62. The molecule has 0 saturated carbocycles. The molecule has 4 heteroatoms. The number of hydrogen-bond acceptors (Lipinski definition) is 2. The zero-order valence-corrected chi connectivity index (χ0v) is 12.8. The van der Waals surface area contributed by atoms with Crippen LogP contribution >= 0.6 is 11.6 Å². The van der Waals surface area contributed by atoms with Gasteiger partial charge in [-0.1, -0.05) is 41.9 Å². The van der Waals surface area contributed by atoms with Crippen molar-refractivity contribution in [2.75, 3.05) is 6.54 Å². The van der Waals surface area contributed by atoms with Gasteiger partial charge in [0, 0.05) is 24.7 Å². The van der Waals surface area contributed by atoms with Crippen LogP contribution in [0.4, 0.5) is 0 Å². The highest BCUT2D eigenvalue weighted by Gasteiger charge is 2.06. The summed E-state index contributed by atoms with van der Waals surface area (Å²) in [6, 6.07) is 16.2. The highest BCUT2D eigenvalue weighted by molar-refractivity contribution is 6.31. The Hall–Kier alpha value is -1.84. The lowest BCUT2D eigenvalue weighted by Gasteiger charge is -2.09. The van der Waals surface area contributed by atoms with E-state index in [1.165, 1.54) is 5.52 Å². The van der Waals surface area contributed by atoms with Crippen LogP contribution in [0.5, 0.6) is 0 Å². The van der Waals surface area contributed by atoms with E-state index in [1.807, 2.05) is 37.3 Å². The number of para-hydroxylation sites is 2. The first kappa shape index (κ1) is 14.1. The third kappa shape index (κ3) is 3.09. The monoisotopic (exact) mass is 299 g/mol. The molecule has 21 heavy (non-hydrogen) atoms. The summed E-state index contributed by atoms with van der Waals surface area (Å²) in [5.41, 5.74) is 3.38. The highest BCUT2D eigenvalue weighted by Crippen LogP contribution is 2.16. The van der Waals surface area contributed by atoms with Crippen LogP contribution in [0.25, 0.3) is 11.0 Å². The molecule has 108 valence electrons. The van der Waals surface area contributed by atoms with Crippen LogP contribution in [-0.4, -0.2) is 16.1 Å². The van der Waals surface area contributed by atoms with E-state index in [0.717, 1.165) is 41.6 Å². The summed E-state index contributed by atoms with van der Waals surface area (Å²) >= 11 is 6.15. The van der Waals surface area contributed by atoms with Crippen molar-refractivity contribution in [3.05, 3.63) is 64.9 Å². The molecule has 0 saturated heterocycles. The molecule has 0 fully saturated rings. The second kappa shape index (κ2) is 6.29. The normalized spacial score (nSPS) is 11.1. The van der Waals surface area contributed by atoms with Crippen molar-refractivity contribution in [3.8, 4) is 0 Å². The summed E-state index contributed by atoms with van der Waals surface area (Å²) < 4.78 is 2.24. The van der Waals surface area contributed by atoms with Gasteiger partial charge in [0.2, 0.25) is 0 Å². The predicted molar refractivity (Wildman–Crippen MR) is 87.6 cm³/mol. The van der Waals surface area contributed by atoms with Gasteiger partial charge >= 0.3 is 0 Å². The van der Waals surface area contributed by atoms with Crippen molar-refractivity contribution in [2.24, 2.45) is 0 Å². The molecule has 0 aliphatic rings. The van der Waals surface area contributed by atoms with Gasteiger partial charge in [0.25, 0.3) is 0 Å². The lowest BCUT2D eigenvalue weighted by Crippen LogP contribution is -2.20. The third-order valence-corrected chi connectivity index (χ3v) is 4.00. The molecule has 1 N–H and O–H groups in total. The SMILES string of the molecule is Cc1nc2ccccc2n1CCNCc1ccccc1Cl. The van der Waals surface area contributed by atoms with Crippen LogP contribution in [0.2, 0.25) is 5.02 Å². The molecule has 0 spiro atoms. The Morgan fingerprint density at radius 3 is 2.71 bits per heavy atom. The first-order valence-corrected chi connectivity index (χ1v) is 7.49. The number of fused-ring (bicyclic) bond motifs is 1. The maximum absolute atomic E-state index is 6.15. The molecule has 0 aliphatic heterocycles. The number of hydrogen-bond donors (Lipinski definition) is 1. The van der Waals surface area contributed by atoms with E-state index in [0.29, 0.717) is 0 Å². The molecular weight excluding hydrogens is 282 g/mol. The summed E-state index contributed by atoms with van der Waals surface area (Å²) in [6.45, 7) is 4.61. The van der Waals surface area contributed by atoms with Crippen LogP contribution in [0.15, 0.2) is 48.5 Å². The average Bonchev–Trinajstić information content (AvgIpc) is 2.81. The lowest BCUT2D eigenvalue weighted by atomic mass is 10.2. The number of benzene rings is 2. The molecule has 0 amide bonds. The van der Waals surface area contributed by atoms with Gasteiger partial charge in [0.05, 0.1) is 11.0 Å². The average molecular weight is 300 g/mol. The van der Waals surface area contributed by atoms with Crippen LogP contribution in [0.1, 0.15) is 11.4 Å². The Morgan fingerprint density at radius 1 is 1.10 bits per heavy atom. The number of nitrogens with one attached hydrogen (secondary N) is 1. The van der Waals surface area contributed by atoms with Crippen LogP contribution in [0.3, 0.4) is 0 Å². The summed E-state index contributed by atoms with van der Waals surface area (Å²) in [5.74, 6) is 1.05. The maximum Gasteiger partial charge on any atom is 0.106 e. The van der Waals surface area contributed by atoms with Gasteiger partial charge in [-0.15, -0.1) is 0 Å². The van der Waals surface area contributed by atoms with E-state index >= 15 is 0 Å². The Morgan fingerprint density at radius 2 is 1.86 bits per heavy atom. The summed E-state index contributed by atoms with van der Waals surface area (Å²) in [5, 5.41) is 4.25. The van der Waals surface area contributed by atoms with E-state index in [4.69, 9.17) is 11.6 Å². The van der Waals surface area contributed by atoms with Crippen LogP contribution < -0.4 is 5.32 Å². The number of halogens is 1. The number of rotatable bonds is 5. The quantitative estimate of drug-likeness (QED) is 0.727. The Labute approximate surface area is 129 Å². The zero-order chi connectivity index (χ0) is 14.7. The van der Waals surface area contributed by atoms with Crippen molar-refractivity contribution in [2.45, 2.75) is 20.0 Å². The van der Waals surface area contributed by atoms with E-state index < -0.39 is 0 Å². The van der Waals surface area contributed by atoms with Crippen molar-refractivity contribution >= 4 is 22.6 Å².